The fraction of sp³-hybridized carbons (Fsp3) is 0.143. The lowest BCUT2D eigenvalue weighted by molar-refractivity contribution is 0.467. The van der Waals surface area contributed by atoms with Crippen molar-refractivity contribution in [3.63, 3.8) is 0 Å². The van der Waals surface area contributed by atoms with Gasteiger partial charge in [-0.2, -0.15) is 4.31 Å². The maximum absolute atomic E-state index is 12.5. The molecule has 112 valence electrons. The van der Waals surface area contributed by atoms with Gasteiger partial charge in [-0.15, -0.1) is 0 Å². The Morgan fingerprint density at radius 1 is 1.10 bits per heavy atom. The van der Waals surface area contributed by atoms with Crippen molar-refractivity contribution in [1.82, 2.24) is 4.31 Å². The van der Waals surface area contributed by atoms with Crippen molar-refractivity contribution in [2.24, 2.45) is 0 Å². The second-order valence-electron chi connectivity index (χ2n) is 4.43. The van der Waals surface area contributed by atoms with Crippen LogP contribution >= 0.6 is 39.1 Å². The SMILES string of the molecule is CN(Cc1ccccc1Cl)S(=O)(=O)c1ccc(Cl)c(Br)c1. The van der Waals surface area contributed by atoms with E-state index in [4.69, 9.17) is 23.2 Å². The van der Waals surface area contributed by atoms with Crippen molar-refractivity contribution in [3.05, 3.63) is 62.5 Å². The van der Waals surface area contributed by atoms with Crippen molar-refractivity contribution < 1.29 is 8.42 Å². The van der Waals surface area contributed by atoms with Gasteiger partial charge in [0.05, 0.1) is 9.92 Å². The lowest BCUT2D eigenvalue weighted by Crippen LogP contribution is -2.26. The van der Waals surface area contributed by atoms with E-state index in [1.807, 2.05) is 6.07 Å². The number of sulfonamides is 1. The minimum atomic E-state index is -3.61. The molecule has 0 aromatic heterocycles. The molecule has 0 saturated carbocycles. The highest BCUT2D eigenvalue weighted by molar-refractivity contribution is 9.10. The summed E-state index contributed by atoms with van der Waals surface area (Å²) in [5.41, 5.74) is 0.748. The normalized spacial score (nSPS) is 11.9. The molecule has 0 heterocycles. The second kappa shape index (κ2) is 6.67. The second-order valence-corrected chi connectivity index (χ2v) is 8.14. The van der Waals surface area contributed by atoms with Gasteiger partial charge in [-0.25, -0.2) is 8.42 Å². The number of rotatable bonds is 4. The van der Waals surface area contributed by atoms with Crippen LogP contribution in [0.5, 0.6) is 0 Å². The third kappa shape index (κ3) is 3.79. The fourth-order valence-electron chi connectivity index (χ4n) is 1.77. The number of hydrogen-bond acceptors (Lipinski definition) is 2. The molecule has 0 amide bonds. The summed E-state index contributed by atoms with van der Waals surface area (Å²) in [6.07, 6.45) is 0. The van der Waals surface area contributed by atoms with E-state index in [1.165, 1.54) is 23.5 Å². The Kier molecular flexibility index (Phi) is 5.33. The van der Waals surface area contributed by atoms with Crippen molar-refractivity contribution in [2.75, 3.05) is 7.05 Å². The Morgan fingerprint density at radius 2 is 1.76 bits per heavy atom. The maximum Gasteiger partial charge on any atom is 0.243 e. The lowest BCUT2D eigenvalue weighted by Gasteiger charge is -2.18. The summed E-state index contributed by atoms with van der Waals surface area (Å²) in [5.74, 6) is 0. The Bertz CT molecular complexity index is 765. The molecule has 2 aromatic rings. The number of nitrogens with zero attached hydrogens (tertiary/aromatic N) is 1. The zero-order valence-electron chi connectivity index (χ0n) is 11.1. The molecule has 0 unspecified atom stereocenters. The van der Waals surface area contributed by atoms with Gasteiger partial charge in [-0.05, 0) is 45.8 Å². The molecule has 21 heavy (non-hydrogen) atoms. The van der Waals surface area contributed by atoms with Gasteiger partial charge in [0, 0.05) is 23.1 Å². The molecule has 0 saturated heterocycles. The van der Waals surface area contributed by atoms with E-state index in [2.05, 4.69) is 15.9 Å². The fourth-order valence-corrected chi connectivity index (χ4v) is 3.79. The van der Waals surface area contributed by atoms with Crippen molar-refractivity contribution in [1.29, 1.82) is 0 Å². The molecule has 2 rings (SSSR count). The summed E-state index contributed by atoms with van der Waals surface area (Å²) in [5, 5.41) is 1.000. The molecule has 0 aliphatic carbocycles. The molecule has 2 aromatic carbocycles. The van der Waals surface area contributed by atoms with E-state index >= 15 is 0 Å². The lowest BCUT2D eigenvalue weighted by atomic mass is 10.2. The smallest absolute Gasteiger partial charge is 0.207 e. The molecule has 0 bridgehead atoms. The van der Waals surface area contributed by atoms with Crippen LogP contribution in [-0.4, -0.2) is 19.8 Å². The summed E-state index contributed by atoms with van der Waals surface area (Å²) in [4.78, 5) is 0.174. The number of benzene rings is 2. The minimum absolute atomic E-state index is 0.174. The Labute approximate surface area is 142 Å². The monoisotopic (exact) mass is 407 g/mol. The summed E-state index contributed by atoms with van der Waals surface area (Å²) >= 11 is 15.2. The van der Waals surface area contributed by atoms with Gasteiger partial charge < -0.3 is 0 Å². The minimum Gasteiger partial charge on any atom is -0.207 e. The molecule has 0 radical (unpaired) electrons. The molecule has 0 spiro atoms. The van der Waals surface area contributed by atoms with E-state index < -0.39 is 10.0 Å². The van der Waals surface area contributed by atoms with Gasteiger partial charge in [0.15, 0.2) is 0 Å². The first kappa shape index (κ1) is 16.8. The largest absolute Gasteiger partial charge is 0.243 e. The first-order chi connectivity index (χ1) is 9.82. The van der Waals surface area contributed by atoms with E-state index in [-0.39, 0.29) is 11.4 Å². The third-order valence-electron chi connectivity index (χ3n) is 2.95. The van der Waals surface area contributed by atoms with Crippen molar-refractivity contribution in [3.8, 4) is 0 Å². The zero-order chi connectivity index (χ0) is 15.6. The zero-order valence-corrected chi connectivity index (χ0v) is 15.0. The average Bonchev–Trinajstić information content (AvgIpc) is 2.44. The van der Waals surface area contributed by atoms with Crippen LogP contribution in [0, 0.1) is 0 Å². The van der Waals surface area contributed by atoms with Crippen LogP contribution in [0.1, 0.15) is 5.56 Å². The molecule has 0 aliphatic heterocycles. The van der Waals surface area contributed by atoms with Crippen LogP contribution in [0.3, 0.4) is 0 Å². The molecule has 0 aliphatic rings. The van der Waals surface area contributed by atoms with Crippen LogP contribution < -0.4 is 0 Å². The topological polar surface area (TPSA) is 37.4 Å². The van der Waals surface area contributed by atoms with Crippen LogP contribution in [0.2, 0.25) is 10.0 Å². The van der Waals surface area contributed by atoms with Crippen LogP contribution in [-0.2, 0) is 16.6 Å². The molecular weight excluding hydrogens is 397 g/mol. The molecule has 3 nitrogen and oxygen atoms in total. The Morgan fingerprint density at radius 3 is 2.38 bits per heavy atom. The quantitative estimate of drug-likeness (QED) is 0.742. The van der Waals surface area contributed by atoms with Crippen LogP contribution in [0.15, 0.2) is 51.8 Å². The van der Waals surface area contributed by atoms with Gasteiger partial charge in [0.1, 0.15) is 0 Å². The van der Waals surface area contributed by atoms with Gasteiger partial charge in [-0.1, -0.05) is 41.4 Å². The Hall–Kier alpha value is -0.590. The summed E-state index contributed by atoms with van der Waals surface area (Å²) < 4.78 is 26.9. The van der Waals surface area contributed by atoms with Gasteiger partial charge >= 0.3 is 0 Å². The summed E-state index contributed by atoms with van der Waals surface area (Å²) in [7, 11) is -2.09. The number of halogens is 3. The van der Waals surface area contributed by atoms with Crippen molar-refractivity contribution in [2.45, 2.75) is 11.4 Å². The predicted molar refractivity (Wildman–Crippen MR) is 89.3 cm³/mol. The highest BCUT2D eigenvalue weighted by Crippen LogP contribution is 2.27. The van der Waals surface area contributed by atoms with E-state index in [9.17, 15) is 8.42 Å². The summed E-state index contributed by atoms with van der Waals surface area (Å²) in [6.45, 7) is 0.197. The van der Waals surface area contributed by atoms with Crippen LogP contribution in [0.25, 0.3) is 0 Å². The molecule has 7 heteroatoms. The van der Waals surface area contributed by atoms with Crippen molar-refractivity contribution >= 4 is 49.2 Å². The van der Waals surface area contributed by atoms with Gasteiger partial charge in [0.2, 0.25) is 10.0 Å². The van der Waals surface area contributed by atoms with Crippen LogP contribution in [0.4, 0.5) is 0 Å². The van der Waals surface area contributed by atoms with Gasteiger partial charge in [0.25, 0.3) is 0 Å². The highest BCUT2D eigenvalue weighted by atomic mass is 79.9. The van der Waals surface area contributed by atoms with E-state index in [0.29, 0.717) is 14.5 Å². The number of hydrogen-bond donors (Lipinski definition) is 0. The molecule has 0 atom stereocenters. The van der Waals surface area contributed by atoms with Gasteiger partial charge in [-0.3, -0.25) is 0 Å². The van der Waals surface area contributed by atoms with E-state index in [0.717, 1.165) is 5.56 Å². The standard InChI is InChI=1S/C14H12BrCl2NO2S/c1-18(9-10-4-2-3-5-13(10)16)21(19,20)11-6-7-14(17)12(15)8-11/h2-8H,9H2,1H3. The van der Waals surface area contributed by atoms with E-state index in [1.54, 1.807) is 24.3 Å². The maximum atomic E-state index is 12.5. The first-order valence-electron chi connectivity index (χ1n) is 5.97. The predicted octanol–water partition coefficient (Wildman–Crippen LogP) is 4.58. The highest BCUT2D eigenvalue weighted by Gasteiger charge is 2.22. The molecule has 0 N–H and O–H groups in total. The third-order valence-corrected chi connectivity index (χ3v) is 6.33. The Balaban J connectivity index is 2.30. The average molecular weight is 409 g/mol. The summed E-state index contributed by atoms with van der Waals surface area (Å²) in [6, 6.07) is 11.7. The first-order valence-corrected chi connectivity index (χ1v) is 8.96. The molecular formula is C14H12BrCl2NO2S. The molecule has 0 fully saturated rings.